The van der Waals surface area contributed by atoms with Gasteiger partial charge >= 0.3 is 5.97 Å². The number of hydrazine groups is 1. The van der Waals surface area contributed by atoms with Gasteiger partial charge in [0.1, 0.15) is 12.1 Å². The number of aromatic nitrogens is 3. The number of fused-ring (bicyclic) bond motifs is 6. The largest absolute Gasteiger partial charge is 0.464 e. The molecule has 362 valence electrons. The van der Waals surface area contributed by atoms with Crippen molar-refractivity contribution in [3.05, 3.63) is 70.8 Å². The Morgan fingerprint density at radius 2 is 1.88 bits per heavy atom. The maximum absolute atomic E-state index is 14.7. The first-order chi connectivity index (χ1) is 32.0. The van der Waals surface area contributed by atoms with E-state index in [9.17, 15) is 19.2 Å². The van der Waals surface area contributed by atoms with Crippen molar-refractivity contribution in [2.24, 2.45) is 17.3 Å². The van der Waals surface area contributed by atoms with Gasteiger partial charge in [-0.25, -0.2) is 10.4 Å². The number of benzene rings is 1. The summed E-state index contributed by atoms with van der Waals surface area (Å²) in [5, 5.41) is 8.49. The number of hydrogen-bond donors (Lipinski definition) is 2. The number of piperidine rings is 1. The van der Waals surface area contributed by atoms with Crippen LogP contribution in [0.1, 0.15) is 89.6 Å². The van der Waals surface area contributed by atoms with E-state index in [4.69, 9.17) is 19.4 Å². The Morgan fingerprint density at radius 1 is 1.12 bits per heavy atom. The number of hydrogen-bond acceptors (Lipinski definition) is 12. The second-order valence-electron chi connectivity index (χ2n) is 19.8. The number of pyridine rings is 1. The Morgan fingerprint density at radius 3 is 2.58 bits per heavy atom. The highest BCUT2D eigenvalue weighted by molar-refractivity contribution is 7.10. The molecule has 67 heavy (non-hydrogen) atoms. The topological polar surface area (TPSA) is 154 Å². The molecular formula is C51H71N9O6S. The first-order valence-electron chi connectivity index (χ1n) is 23.9. The number of cyclic esters (lactones) is 1. The number of ether oxygens (including phenoxy) is 2. The second-order valence-corrected chi connectivity index (χ2v) is 20.8. The lowest BCUT2D eigenvalue weighted by Crippen LogP contribution is -2.62. The van der Waals surface area contributed by atoms with Crippen LogP contribution in [-0.2, 0) is 48.0 Å². The van der Waals surface area contributed by atoms with Crippen LogP contribution in [-0.4, -0.2) is 137 Å². The number of aryl methyl sites for hydroxylation is 1. The maximum atomic E-state index is 14.7. The minimum absolute atomic E-state index is 0.0607. The number of nitrogens with zero attached hydrogens (tertiary/aromatic N) is 7. The minimum Gasteiger partial charge on any atom is -0.464 e. The SMILES string of the molecule is C=CC(=O)N(C)CC1CCN(CN(C)[C@H](C(=O)N[C@H]2Cc3nc(cs3)-c3ccc4c(c3)c(c(-c3cccnc3[C@H](C)OC)n4CC)CC(C)(C)COC(=O)[C@@H]3CCCN(N3)C2=O)C(C)C)CC1. The van der Waals surface area contributed by atoms with E-state index >= 15 is 0 Å². The number of rotatable bonds is 13. The molecular weight excluding hydrogens is 867 g/mol. The fourth-order valence-corrected chi connectivity index (χ4v) is 11.0. The molecule has 2 saturated heterocycles. The number of thiazole rings is 1. The molecule has 3 aliphatic heterocycles. The highest BCUT2D eigenvalue weighted by atomic mass is 32.1. The van der Waals surface area contributed by atoms with Crippen LogP contribution in [0.5, 0.6) is 0 Å². The van der Waals surface area contributed by atoms with Crippen LogP contribution < -0.4 is 10.7 Å². The van der Waals surface area contributed by atoms with Gasteiger partial charge in [-0.1, -0.05) is 40.3 Å². The molecule has 3 aromatic heterocycles. The lowest BCUT2D eigenvalue weighted by molar-refractivity contribution is -0.155. The van der Waals surface area contributed by atoms with Gasteiger partial charge in [-0.15, -0.1) is 11.3 Å². The molecule has 3 amide bonds. The zero-order chi connectivity index (χ0) is 48.2. The average molecular weight is 938 g/mol. The van der Waals surface area contributed by atoms with Crippen molar-refractivity contribution >= 4 is 45.9 Å². The maximum Gasteiger partial charge on any atom is 0.324 e. The van der Waals surface area contributed by atoms with Crippen molar-refractivity contribution < 1.29 is 28.7 Å². The van der Waals surface area contributed by atoms with Crippen molar-refractivity contribution in [2.45, 2.75) is 111 Å². The molecule has 6 heterocycles. The third-order valence-electron chi connectivity index (χ3n) is 13.7. The molecule has 4 atom stereocenters. The summed E-state index contributed by atoms with van der Waals surface area (Å²) < 4.78 is 14.3. The summed E-state index contributed by atoms with van der Waals surface area (Å²) in [6, 6.07) is 8.33. The zero-order valence-corrected chi connectivity index (χ0v) is 41.8. The van der Waals surface area contributed by atoms with E-state index in [1.165, 1.54) is 22.4 Å². The van der Waals surface area contributed by atoms with Gasteiger partial charge in [0.25, 0.3) is 5.91 Å². The van der Waals surface area contributed by atoms with Crippen LogP contribution in [0.4, 0.5) is 0 Å². The number of methoxy groups -OCH3 is 1. The third-order valence-corrected chi connectivity index (χ3v) is 14.6. The number of carbonyl (C=O) groups is 4. The molecule has 2 fully saturated rings. The quantitative estimate of drug-likeness (QED) is 0.112. The first-order valence-corrected chi connectivity index (χ1v) is 24.8. The van der Waals surface area contributed by atoms with E-state index in [1.54, 1.807) is 18.2 Å². The smallest absolute Gasteiger partial charge is 0.324 e. The summed E-state index contributed by atoms with van der Waals surface area (Å²) in [7, 11) is 5.48. The summed E-state index contributed by atoms with van der Waals surface area (Å²) in [6.45, 7) is 20.3. The molecule has 16 heteroatoms. The van der Waals surface area contributed by atoms with Gasteiger partial charge in [0, 0.05) is 79.2 Å². The molecule has 7 rings (SSSR count). The van der Waals surface area contributed by atoms with Crippen LogP contribution in [0.3, 0.4) is 0 Å². The highest BCUT2D eigenvalue weighted by Crippen LogP contribution is 2.42. The van der Waals surface area contributed by atoms with Crippen LogP contribution in [0.15, 0.2) is 54.6 Å². The van der Waals surface area contributed by atoms with Crippen molar-refractivity contribution in [1.29, 1.82) is 0 Å². The van der Waals surface area contributed by atoms with Gasteiger partial charge in [0.2, 0.25) is 11.8 Å². The molecule has 2 N–H and O–H groups in total. The van der Waals surface area contributed by atoms with Crippen LogP contribution in [0.25, 0.3) is 33.4 Å². The first kappa shape index (κ1) is 49.9. The van der Waals surface area contributed by atoms with Gasteiger partial charge in [-0.05, 0) is 114 Å². The molecule has 0 spiro atoms. The minimum atomic E-state index is -0.953. The molecule has 1 aromatic carbocycles. The monoisotopic (exact) mass is 938 g/mol. The Kier molecular flexibility index (Phi) is 16.0. The third kappa shape index (κ3) is 11.3. The lowest BCUT2D eigenvalue weighted by atomic mass is 9.84. The summed E-state index contributed by atoms with van der Waals surface area (Å²) in [5.74, 6) is -0.710. The fourth-order valence-electron chi connectivity index (χ4n) is 10.2. The number of esters is 1. The fraction of sp³-hybridized carbons (Fsp3) is 0.569. The molecule has 0 saturated carbocycles. The van der Waals surface area contributed by atoms with Crippen molar-refractivity contribution in [3.63, 3.8) is 0 Å². The molecule has 15 nitrogen and oxygen atoms in total. The van der Waals surface area contributed by atoms with E-state index in [1.807, 2.05) is 46.3 Å². The van der Waals surface area contributed by atoms with Gasteiger partial charge < -0.3 is 24.3 Å². The normalized spacial score (nSPS) is 20.7. The Hall–Kier alpha value is -5.00. The number of amides is 3. The van der Waals surface area contributed by atoms with Crippen LogP contribution in [0.2, 0.25) is 0 Å². The highest BCUT2D eigenvalue weighted by Gasteiger charge is 2.38. The Bertz CT molecular complexity index is 2420. The van der Waals surface area contributed by atoms with Gasteiger partial charge in [0.15, 0.2) is 0 Å². The summed E-state index contributed by atoms with van der Waals surface area (Å²) in [5.41, 5.74) is 9.56. The van der Waals surface area contributed by atoms with Gasteiger partial charge in [-0.3, -0.25) is 39.0 Å². The van der Waals surface area contributed by atoms with E-state index < -0.39 is 29.5 Å². The number of nitrogens with one attached hydrogen (secondary N) is 2. The van der Waals surface area contributed by atoms with Crippen LogP contribution in [0, 0.1) is 17.3 Å². The van der Waals surface area contributed by atoms with Crippen molar-refractivity contribution in [2.75, 3.05) is 60.7 Å². The summed E-state index contributed by atoms with van der Waals surface area (Å²) in [6.07, 6.45) is 6.69. The van der Waals surface area contributed by atoms with Gasteiger partial charge in [0.05, 0.1) is 47.5 Å². The number of likely N-dealkylation sites (N-methyl/N-ethyl adjacent to an activating group) is 2. The molecule has 0 aliphatic carbocycles. The Labute approximate surface area is 400 Å². The van der Waals surface area contributed by atoms with Crippen molar-refractivity contribution in [1.82, 2.24) is 45.0 Å². The second kappa shape index (κ2) is 21.5. The predicted molar refractivity (Wildman–Crippen MR) is 263 cm³/mol. The number of likely N-dealkylation sites (tertiary alicyclic amines) is 1. The average Bonchev–Trinajstić information content (AvgIpc) is 3.91. The molecule has 6 bridgehead atoms. The zero-order valence-electron chi connectivity index (χ0n) is 41.0. The standard InChI is InChI=1S/C51H71N9O6S/c1-11-44(61)56(8)28-34-19-23-58(24-20-34)31-57(9)46(32(3)4)48(62)54-40-26-43-53-41(29-67-43)35-17-18-42-37(25-35)38(47(59(42)12-2)36-15-13-21-52-45(36)33(5)65-10)27-51(6,7)30-66-50(64)39-16-14-22-60(55-39)49(40)63/h11,13,15,17-18,21,25,29,32-34,39-40,46,55H,1,12,14,16,19-20,22-24,26-28,30-31H2,2-10H3,(H,54,62)/t33-,39-,40-,46-/m0/s1. The summed E-state index contributed by atoms with van der Waals surface area (Å²) in [4.78, 5) is 71.3. The van der Waals surface area contributed by atoms with Crippen molar-refractivity contribution in [3.8, 4) is 22.5 Å². The van der Waals surface area contributed by atoms with Gasteiger partial charge in [-0.2, -0.15) is 0 Å². The van der Waals surface area contributed by atoms with E-state index in [-0.39, 0.29) is 42.8 Å². The number of carbonyl (C=O) groups excluding carboxylic acids is 4. The lowest BCUT2D eigenvalue weighted by Gasteiger charge is -2.39. The predicted octanol–water partition coefficient (Wildman–Crippen LogP) is 6.47. The van der Waals surface area contributed by atoms with E-state index in [2.05, 4.69) is 76.7 Å². The summed E-state index contributed by atoms with van der Waals surface area (Å²) >= 11 is 1.47. The Balaban J connectivity index is 1.20. The van der Waals surface area contributed by atoms with Crippen LogP contribution >= 0.6 is 11.3 Å². The van der Waals surface area contributed by atoms with E-state index in [0.717, 1.165) is 70.6 Å². The molecule has 4 aromatic rings. The molecule has 0 unspecified atom stereocenters. The molecule has 3 aliphatic rings. The molecule has 0 radical (unpaired) electrons. The van der Waals surface area contributed by atoms with E-state index in [0.29, 0.717) is 56.5 Å².